The first-order chi connectivity index (χ1) is 7.28. The van der Waals surface area contributed by atoms with Gasteiger partial charge in [-0.25, -0.2) is 0 Å². The van der Waals surface area contributed by atoms with E-state index in [4.69, 9.17) is 4.74 Å². The van der Waals surface area contributed by atoms with Gasteiger partial charge in [0, 0.05) is 7.11 Å². The van der Waals surface area contributed by atoms with Crippen molar-refractivity contribution >= 4 is 0 Å². The molecule has 2 nitrogen and oxygen atoms in total. The SMILES string of the molecule is CCCC(CCCCN(CC)CC)OC. The van der Waals surface area contributed by atoms with Crippen LogP contribution >= 0.6 is 0 Å². The monoisotopic (exact) mass is 215 g/mol. The smallest absolute Gasteiger partial charge is 0.0571 e. The molecule has 0 amide bonds. The van der Waals surface area contributed by atoms with Crippen LogP contribution in [0.1, 0.15) is 52.9 Å². The summed E-state index contributed by atoms with van der Waals surface area (Å²) in [4.78, 5) is 2.49. The summed E-state index contributed by atoms with van der Waals surface area (Å²) in [5.41, 5.74) is 0. The van der Waals surface area contributed by atoms with Gasteiger partial charge in [-0.1, -0.05) is 27.2 Å². The molecule has 1 atom stereocenters. The molecule has 0 radical (unpaired) electrons. The van der Waals surface area contributed by atoms with E-state index < -0.39 is 0 Å². The molecule has 0 rings (SSSR count). The second-order valence-corrected chi connectivity index (χ2v) is 4.17. The Kier molecular flexibility index (Phi) is 10.4. The number of hydrogen-bond acceptors (Lipinski definition) is 2. The molecule has 0 aromatic heterocycles. The van der Waals surface area contributed by atoms with Crippen molar-refractivity contribution in [2.75, 3.05) is 26.7 Å². The van der Waals surface area contributed by atoms with E-state index in [1.807, 2.05) is 7.11 Å². The maximum atomic E-state index is 5.44. The Hall–Kier alpha value is -0.0800. The molecule has 15 heavy (non-hydrogen) atoms. The lowest BCUT2D eigenvalue weighted by Gasteiger charge is -2.19. The van der Waals surface area contributed by atoms with Crippen molar-refractivity contribution in [2.24, 2.45) is 0 Å². The van der Waals surface area contributed by atoms with E-state index in [2.05, 4.69) is 25.7 Å². The molecule has 0 saturated heterocycles. The zero-order chi connectivity index (χ0) is 11.5. The fourth-order valence-electron chi connectivity index (χ4n) is 1.95. The minimum atomic E-state index is 0.492. The van der Waals surface area contributed by atoms with Gasteiger partial charge < -0.3 is 9.64 Å². The summed E-state index contributed by atoms with van der Waals surface area (Å²) in [6.07, 6.45) is 6.77. The number of hydrogen-bond donors (Lipinski definition) is 0. The van der Waals surface area contributed by atoms with Gasteiger partial charge in [-0.05, 0) is 45.3 Å². The molecule has 0 aliphatic rings. The van der Waals surface area contributed by atoms with Crippen LogP contribution in [0.5, 0.6) is 0 Å². The third-order valence-electron chi connectivity index (χ3n) is 3.09. The summed E-state index contributed by atoms with van der Waals surface area (Å²) in [6, 6.07) is 0. The van der Waals surface area contributed by atoms with Crippen LogP contribution in [0.15, 0.2) is 0 Å². The van der Waals surface area contributed by atoms with Crippen molar-refractivity contribution in [3.05, 3.63) is 0 Å². The average Bonchev–Trinajstić information content (AvgIpc) is 2.28. The molecule has 0 aliphatic carbocycles. The van der Waals surface area contributed by atoms with Crippen molar-refractivity contribution in [3.63, 3.8) is 0 Å². The van der Waals surface area contributed by atoms with E-state index >= 15 is 0 Å². The Morgan fingerprint density at radius 1 is 1.00 bits per heavy atom. The van der Waals surface area contributed by atoms with Gasteiger partial charge in [0.1, 0.15) is 0 Å². The van der Waals surface area contributed by atoms with E-state index in [-0.39, 0.29) is 0 Å². The van der Waals surface area contributed by atoms with Gasteiger partial charge in [-0.3, -0.25) is 0 Å². The third-order valence-corrected chi connectivity index (χ3v) is 3.09. The highest BCUT2D eigenvalue weighted by Gasteiger charge is 2.05. The largest absolute Gasteiger partial charge is 0.381 e. The van der Waals surface area contributed by atoms with E-state index in [1.165, 1.54) is 51.7 Å². The summed E-state index contributed by atoms with van der Waals surface area (Å²) in [6.45, 7) is 10.3. The second-order valence-electron chi connectivity index (χ2n) is 4.17. The second kappa shape index (κ2) is 10.4. The van der Waals surface area contributed by atoms with Crippen molar-refractivity contribution in [1.82, 2.24) is 4.90 Å². The molecular formula is C13H29NO. The topological polar surface area (TPSA) is 12.5 Å². The molecule has 0 aliphatic heterocycles. The zero-order valence-corrected chi connectivity index (χ0v) is 11.1. The quantitative estimate of drug-likeness (QED) is 0.518. The van der Waals surface area contributed by atoms with Crippen LogP contribution in [0.25, 0.3) is 0 Å². The lowest BCUT2D eigenvalue weighted by atomic mass is 10.1. The van der Waals surface area contributed by atoms with Crippen LogP contribution in [-0.4, -0.2) is 37.7 Å². The van der Waals surface area contributed by atoms with Gasteiger partial charge in [0.25, 0.3) is 0 Å². The van der Waals surface area contributed by atoms with Gasteiger partial charge >= 0.3 is 0 Å². The first-order valence-electron chi connectivity index (χ1n) is 6.53. The fraction of sp³-hybridized carbons (Fsp3) is 1.00. The Morgan fingerprint density at radius 3 is 2.13 bits per heavy atom. The highest BCUT2D eigenvalue weighted by Crippen LogP contribution is 2.10. The molecule has 0 heterocycles. The molecule has 0 aromatic rings. The Labute approximate surface area is 96.0 Å². The van der Waals surface area contributed by atoms with Gasteiger partial charge in [0.15, 0.2) is 0 Å². The lowest BCUT2D eigenvalue weighted by molar-refractivity contribution is 0.0843. The molecule has 1 unspecified atom stereocenters. The third kappa shape index (κ3) is 7.80. The first-order valence-corrected chi connectivity index (χ1v) is 6.53. The molecule has 0 spiro atoms. The van der Waals surface area contributed by atoms with Crippen molar-refractivity contribution in [3.8, 4) is 0 Å². The lowest BCUT2D eigenvalue weighted by Crippen LogP contribution is -2.24. The summed E-state index contributed by atoms with van der Waals surface area (Å²) >= 11 is 0. The summed E-state index contributed by atoms with van der Waals surface area (Å²) < 4.78 is 5.44. The van der Waals surface area contributed by atoms with Gasteiger partial charge in [0.2, 0.25) is 0 Å². The van der Waals surface area contributed by atoms with Gasteiger partial charge in [-0.15, -0.1) is 0 Å². The van der Waals surface area contributed by atoms with E-state index in [1.54, 1.807) is 0 Å². The standard InChI is InChI=1S/C13H29NO/c1-5-10-13(15-4)11-8-9-12-14(6-2)7-3/h13H,5-12H2,1-4H3. The van der Waals surface area contributed by atoms with E-state index in [9.17, 15) is 0 Å². The van der Waals surface area contributed by atoms with Crippen molar-refractivity contribution in [1.29, 1.82) is 0 Å². The summed E-state index contributed by atoms with van der Waals surface area (Å²) in [5, 5.41) is 0. The molecule has 0 bridgehead atoms. The molecule has 0 fully saturated rings. The predicted octanol–water partition coefficient (Wildman–Crippen LogP) is 3.31. The van der Waals surface area contributed by atoms with E-state index in [0.29, 0.717) is 6.10 Å². The average molecular weight is 215 g/mol. The van der Waals surface area contributed by atoms with E-state index in [0.717, 1.165) is 0 Å². The fourth-order valence-corrected chi connectivity index (χ4v) is 1.95. The van der Waals surface area contributed by atoms with Gasteiger partial charge in [-0.2, -0.15) is 0 Å². The Balaban J connectivity index is 3.42. The number of ether oxygens (including phenoxy) is 1. The molecule has 92 valence electrons. The molecule has 0 saturated carbocycles. The van der Waals surface area contributed by atoms with Crippen molar-refractivity contribution in [2.45, 2.75) is 59.0 Å². The van der Waals surface area contributed by atoms with Crippen LogP contribution in [0.3, 0.4) is 0 Å². The number of rotatable bonds is 10. The van der Waals surface area contributed by atoms with Crippen molar-refractivity contribution < 1.29 is 4.74 Å². The van der Waals surface area contributed by atoms with Crippen LogP contribution in [-0.2, 0) is 4.74 Å². The molecule has 0 aromatic carbocycles. The predicted molar refractivity (Wildman–Crippen MR) is 67.3 cm³/mol. The minimum absolute atomic E-state index is 0.492. The molecule has 0 N–H and O–H groups in total. The number of nitrogens with zero attached hydrogens (tertiary/aromatic N) is 1. The first kappa shape index (κ1) is 14.9. The number of unbranched alkanes of at least 4 members (excludes halogenated alkanes) is 1. The van der Waals surface area contributed by atoms with Gasteiger partial charge in [0.05, 0.1) is 6.10 Å². The Morgan fingerprint density at radius 2 is 1.67 bits per heavy atom. The number of methoxy groups -OCH3 is 1. The van der Waals surface area contributed by atoms with Crippen LogP contribution < -0.4 is 0 Å². The molecular weight excluding hydrogens is 186 g/mol. The summed E-state index contributed by atoms with van der Waals surface area (Å²) in [5.74, 6) is 0. The van der Waals surface area contributed by atoms with Crippen LogP contribution in [0.2, 0.25) is 0 Å². The van der Waals surface area contributed by atoms with Crippen LogP contribution in [0, 0.1) is 0 Å². The minimum Gasteiger partial charge on any atom is -0.381 e. The maximum Gasteiger partial charge on any atom is 0.0571 e. The summed E-state index contributed by atoms with van der Waals surface area (Å²) in [7, 11) is 1.84. The maximum absolute atomic E-state index is 5.44. The highest BCUT2D eigenvalue weighted by atomic mass is 16.5. The Bertz CT molecular complexity index is 124. The normalized spacial score (nSPS) is 13.4. The van der Waals surface area contributed by atoms with Crippen LogP contribution in [0.4, 0.5) is 0 Å². The highest BCUT2D eigenvalue weighted by molar-refractivity contribution is 4.59. The molecule has 2 heteroatoms. The zero-order valence-electron chi connectivity index (χ0n) is 11.1.